The fraction of sp³-hybridized carbons (Fsp3) is 0.389. The normalized spacial score (nSPS) is 21.7. The van der Waals surface area contributed by atoms with E-state index in [2.05, 4.69) is 17.2 Å². The molecule has 120 valence electrons. The van der Waals surface area contributed by atoms with Crippen molar-refractivity contribution in [2.75, 3.05) is 5.32 Å². The standard InChI is InChI=1S/C18H20FN3S/c1-11-3-2-4-13(7-11)21-18-22-17(10-23-18)15-9-20-16-6-5-12(19)8-14(15)16/h5-6,8-11,13,20H,2-4,7H2,1H3,(H,21,22)/t11-,13+/m0/s1. The van der Waals surface area contributed by atoms with Gasteiger partial charge in [0.2, 0.25) is 0 Å². The van der Waals surface area contributed by atoms with Gasteiger partial charge in [-0.1, -0.05) is 19.8 Å². The molecular weight excluding hydrogens is 309 g/mol. The van der Waals surface area contributed by atoms with Crippen LogP contribution in [0.4, 0.5) is 9.52 Å². The van der Waals surface area contributed by atoms with E-state index in [9.17, 15) is 4.39 Å². The molecule has 1 aliphatic carbocycles. The van der Waals surface area contributed by atoms with Gasteiger partial charge in [0.25, 0.3) is 0 Å². The van der Waals surface area contributed by atoms with Crippen molar-refractivity contribution in [1.29, 1.82) is 0 Å². The fourth-order valence-corrected chi connectivity index (χ4v) is 4.30. The number of thiazole rings is 1. The van der Waals surface area contributed by atoms with Crippen LogP contribution in [0.3, 0.4) is 0 Å². The van der Waals surface area contributed by atoms with Crippen molar-refractivity contribution in [1.82, 2.24) is 9.97 Å². The Bertz CT molecular complexity index is 823. The molecule has 23 heavy (non-hydrogen) atoms. The second-order valence-corrected chi connectivity index (χ2v) is 7.40. The monoisotopic (exact) mass is 329 g/mol. The molecule has 0 aliphatic heterocycles. The molecule has 3 nitrogen and oxygen atoms in total. The second kappa shape index (κ2) is 5.96. The van der Waals surface area contributed by atoms with Gasteiger partial charge in [-0.2, -0.15) is 0 Å². The van der Waals surface area contributed by atoms with Crippen molar-refractivity contribution in [2.24, 2.45) is 5.92 Å². The van der Waals surface area contributed by atoms with Crippen molar-refractivity contribution >= 4 is 27.4 Å². The topological polar surface area (TPSA) is 40.7 Å². The molecule has 1 aliphatic rings. The van der Waals surface area contributed by atoms with Gasteiger partial charge in [0, 0.05) is 34.1 Å². The summed E-state index contributed by atoms with van der Waals surface area (Å²) in [5, 5.41) is 7.47. The highest BCUT2D eigenvalue weighted by Crippen LogP contribution is 2.33. The Morgan fingerprint density at radius 2 is 2.26 bits per heavy atom. The highest BCUT2D eigenvalue weighted by atomic mass is 32.1. The summed E-state index contributed by atoms with van der Waals surface area (Å²) in [5.74, 6) is 0.570. The third-order valence-corrected chi connectivity index (χ3v) is 5.46. The van der Waals surface area contributed by atoms with Gasteiger partial charge in [-0.3, -0.25) is 0 Å². The number of fused-ring (bicyclic) bond motifs is 1. The summed E-state index contributed by atoms with van der Waals surface area (Å²) in [6, 6.07) is 5.33. The zero-order chi connectivity index (χ0) is 15.8. The van der Waals surface area contributed by atoms with Gasteiger partial charge >= 0.3 is 0 Å². The Hall–Kier alpha value is -1.88. The fourth-order valence-electron chi connectivity index (χ4n) is 3.51. The minimum Gasteiger partial charge on any atom is -0.360 e. The number of rotatable bonds is 3. The predicted molar refractivity (Wildman–Crippen MR) is 94.4 cm³/mol. The predicted octanol–water partition coefficient (Wildman–Crippen LogP) is 5.42. The first-order valence-corrected chi connectivity index (χ1v) is 9.06. The van der Waals surface area contributed by atoms with E-state index in [0.29, 0.717) is 6.04 Å². The summed E-state index contributed by atoms with van der Waals surface area (Å²) in [4.78, 5) is 7.90. The number of aromatic nitrogens is 2. The Labute approximate surface area is 139 Å². The van der Waals surface area contributed by atoms with E-state index in [-0.39, 0.29) is 5.82 Å². The van der Waals surface area contributed by atoms with E-state index in [1.165, 1.54) is 31.7 Å². The number of benzene rings is 1. The minimum atomic E-state index is -0.219. The van der Waals surface area contributed by atoms with Crippen molar-refractivity contribution in [3.05, 3.63) is 35.6 Å². The summed E-state index contributed by atoms with van der Waals surface area (Å²) >= 11 is 1.63. The lowest BCUT2D eigenvalue weighted by molar-refractivity contribution is 0.358. The molecular formula is C18H20FN3S. The Kier molecular flexibility index (Phi) is 3.81. The van der Waals surface area contributed by atoms with Crippen LogP contribution in [-0.4, -0.2) is 16.0 Å². The summed E-state index contributed by atoms with van der Waals surface area (Å²) < 4.78 is 13.5. The quantitative estimate of drug-likeness (QED) is 0.673. The molecule has 2 heterocycles. The Morgan fingerprint density at radius 1 is 1.35 bits per heavy atom. The molecule has 1 fully saturated rings. The molecule has 0 amide bonds. The van der Waals surface area contributed by atoms with Gasteiger partial charge < -0.3 is 10.3 Å². The molecule has 0 radical (unpaired) electrons. The second-order valence-electron chi connectivity index (χ2n) is 6.54. The molecule has 2 aromatic heterocycles. The smallest absolute Gasteiger partial charge is 0.183 e. The molecule has 3 aromatic rings. The van der Waals surface area contributed by atoms with E-state index in [1.807, 2.05) is 11.6 Å². The third-order valence-electron chi connectivity index (χ3n) is 4.69. The van der Waals surface area contributed by atoms with Gasteiger partial charge in [0.15, 0.2) is 5.13 Å². The number of nitrogens with zero attached hydrogens (tertiary/aromatic N) is 1. The van der Waals surface area contributed by atoms with Crippen molar-refractivity contribution in [3.63, 3.8) is 0 Å². The molecule has 1 aromatic carbocycles. The molecule has 4 rings (SSSR count). The van der Waals surface area contributed by atoms with Crippen LogP contribution in [0, 0.1) is 11.7 Å². The van der Waals surface area contributed by atoms with Crippen LogP contribution in [-0.2, 0) is 0 Å². The van der Waals surface area contributed by atoms with Crippen LogP contribution in [0.25, 0.3) is 22.2 Å². The molecule has 1 saturated carbocycles. The summed E-state index contributed by atoms with van der Waals surface area (Å²) in [6.45, 7) is 2.32. The summed E-state index contributed by atoms with van der Waals surface area (Å²) in [7, 11) is 0. The third kappa shape index (κ3) is 2.98. The first-order chi connectivity index (χ1) is 11.2. The number of halogens is 1. The zero-order valence-corrected chi connectivity index (χ0v) is 13.9. The van der Waals surface area contributed by atoms with Crippen molar-refractivity contribution in [2.45, 2.75) is 38.6 Å². The molecule has 0 spiro atoms. The lowest BCUT2D eigenvalue weighted by Crippen LogP contribution is -2.26. The van der Waals surface area contributed by atoms with Crippen LogP contribution in [0.2, 0.25) is 0 Å². The molecule has 2 N–H and O–H groups in total. The SMILES string of the molecule is C[C@H]1CCC[C@@H](Nc2nc(-c3c[nH]c4ccc(F)cc34)cs2)C1. The van der Waals surface area contributed by atoms with E-state index < -0.39 is 0 Å². The molecule has 0 unspecified atom stereocenters. The highest BCUT2D eigenvalue weighted by molar-refractivity contribution is 7.14. The van der Waals surface area contributed by atoms with Gasteiger partial charge in [0.1, 0.15) is 5.82 Å². The highest BCUT2D eigenvalue weighted by Gasteiger charge is 2.20. The number of H-pyrrole nitrogens is 1. The minimum absolute atomic E-state index is 0.219. The Morgan fingerprint density at radius 3 is 3.13 bits per heavy atom. The maximum Gasteiger partial charge on any atom is 0.183 e. The van der Waals surface area contributed by atoms with Crippen LogP contribution >= 0.6 is 11.3 Å². The molecule has 0 bridgehead atoms. The number of hydrogen-bond donors (Lipinski definition) is 2. The first-order valence-electron chi connectivity index (χ1n) is 8.18. The number of aromatic amines is 1. The maximum atomic E-state index is 13.5. The van der Waals surface area contributed by atoms with Crippen LogP contribution in [0.15, 0.2) is 29.8 Å². The Balaban J connectivity index is 1.58. The van der Waals surface area contributed by atoms with E-state index in [1.54, 1.807) is 23.5 Å². The van der Waals surface area contributed by atoms with Crippen LogP contribution in [0.1, 0.15) is 32.6 Å². The van der Waals surface area contributed by atoms with E-state index in [0.717, 1.165) is 33.2 Å². The average Bonchev–Trinajstić information content (AvgIpc) is 3.13. The summed E-state index contributed by atoms with van der Waals surface area (Å²) in [5.41, 5.74) is 2.80. The largest absolute Gasteiger partial charge is 0.360 e. The lowest BCUT2D eigenvalue weighted by Gasteiger charge is -2.27. The number of hydrogen-bond acceptors (Lipinski definition) is 3. The van der Waals surface area contributed by atoms with Gasteiger partial charge in [0.05, 0.1) is 5.69 Å². The number of anilines is 1. The van der Waals surface area contributed by atoms with Gasteiger partial charge in [-0.25, -0.2) is 9.37 Å². The van der Waals surface area contributed by atoms with Crippen LogP contribution < -0.4 is 5.32 Å². The average molecular weight is 329 g/mol. The van der Waals surface area contributed by atoms with Crippen molar-refractivity contribution < 1.29 is 4.39 Å². The summed E-state index contributed by atoms with van der Waals surface area (Å²) in [6.07, 6.45) is 6.97. The molecule has 2 atom stereocenters. The lowest BCUT2D eigenvalue weighted by atomic mass is 9.87. The van der Waals surface area contributed by atoms with E-state index in [4.69, 9.17) is 4.98 Å². The maximum absolute atomic E-state index is 13.5. The molecule has 0 saturated heterocycles. The van der Waals surface area contributed by atoms with Crippen molar-refractivity contribution in [3.8, 4) is 11.3 Å². The number of nitrogens with one attached hydrogen (secondary N) is 2. The zero-order valence-electron chi connectivity index (χ0n) is 13.1. The van der Waals surface area contributed by atoms with Crippen LogP contribution in [0.5, 0.6) is 0 Å². The first kappa shape index (κ1) is 14.7. The van der Waals surface area contributed by atoms with E-state index >= 15 is 0 Å². The van der Waals surface area contributed by atoms with Gasteiger partial charge in [-0.15, -0.1) is 11.3 Å². The molecule has 5 heteroatoms. The van der Waals surface area contributed by atoms with Gasteiger partial charge in [-0.05, 0) is 37.0 Å².